The summed E-state index contributed by atoms with van der Waals surface area (Å²) >= 11 is 0. The van der Waals surface area contributed by atoms with Gasteiger partial charge in [0.15, 0.2) is 0 Å². The second-order valence-electron chi connectivity index (χ2n) is 2.41. The number of hydrogen-bond acceptors (Lipinski definition) is 2. The SMILES string of the molecule is CNCCOc1cccc(F)c1.Cl. The Morgan fingerprint density at radius 1 is 1.46 bits per heavy atom. The van der Waals surface area contributed by atoms with E-state index in [1.54, 1.807) is 12.1 Å². The molecule has 0 fully saturated rings. The van der Waals surface area contributed by atoms with E-state index in [0.717, 1.165) is 6.54 Å². The van der Waals surface area contributed by atoms with Crippen LogP contribution in [0.4, 0.5) is 4.39 Å². The summed E-state index contributed by atoms with van der Waals surface area (Å²) < 4.78 is 17.8. The first-order valence-electron chi connectivity index (χ1n) is 3.86. The van der Waals surface area contributed by atoms with Gasteiger partial charge in [-0.25, -0.2) is 4.39 Å². The van der Waals surface area contributed by atoms with E-state index < -0.39 is 0 Å². The second-order valence-corrected chi connectivity index (χ2v) is 2.41. The molecule has 0 bridgehead atoms. The Bertz CT molecular complexity index is 245. The largest absolute Gasteiger partial charge is 0.492 e. The minimum Gasteiger partial charge on any atom is -0.492 e. The molecule has 4 heteroatoms. The standard InChI is InChI=1S/C9H12FNO.ClH/c1-11-5-6-12-9-4-2-3-8(10)7-9;/h2-4,7,11H,5-6H2,1H3;1H. The summed E-state index contributed by atoms with van der Waals surface area (Å²) in [7, 11) is 1.84. The van der Waals surface area contributed by atoms with Gasteiger partial charge in [-0.05, 0) is 19.2 Å². The van der Waals surface area contributed by atoms with Crippen LogP contribution in [0.2, 0.25) is 0 Å². The van der Waals surface area contributed by atoms with E-state index >= 15 is 0 Å². The van der Waals surface area contributed by atoms with Crippen LogP contribution in [0.15, 0.2) is 24.3 Å². The smallest absolute Gasteiger partial charge is 0.126 e. The van der Waals surface area contributed by atoms with Crippen molar-refractivity contribution in [3.8, 4) is 5.75 Å². The third-order valence-electron chi connectivity index (χ3n) is 1.42. The molecule has 0 spiro atoms. The normalized spacial score (nSPS) is 9.08. The van der Waals surface area contributed by atoms with E-state index in [-0.39, 0.29) is 18.2 Å². The zero-order chi connectivity index (χ0) is 8.81. The maximum atomic E-state index is 12.6. The molecule has 0 aliphatic carbocycles. The lowest BCUT2D eigenvalue weighted by Crippen LogP contribution is -2.15. The van der Waals surface area contributed by atoms with Crippen LogP contribution in [0.5, 0.6) is 5.75 Å². The molecule has 2 nitrogen and oxygen atoms in total. The first kappa shape index (κ1) is 12.2. The highest BCUT2D eigenvalue weighted by Gasteiger charge is 1.93. The Morgan fingerprint density at radius 2 is 2.23 bits per heavy atom. The zero-order valence-corrected chi connectivity index (χ0v) is 8.23. The van der Waals surface area contributed by atoms with Crippen molar-refractivity contribution in [3.05, 3.63) is 30.1 Å². The molecule has 0 radical (unpaired) electrons. The monoisotopic (exact) mass is 205 g/mol. The van der Waals surface area contributed by atoms with E-state index in [1.165, 1.54) is 12.1 Å². The number of halogens is 2. The molecule has 0 saturated heterocycles. The molecule has 74 valence electrons. The van der Waals surface area contributed by atoms with Crippen LogP contribution in [0.25, 0.3) is 0 Å². The first-order valence-corrected chi connectivity index (χ1v) is 3.86. The third-order valence-corrected chi connectivity index (χ3v) is 1.42. The molecular formula is C9H13ClFNO. The van der Waals surface area contributed by atoms with Gasteiger partial charge in [0.05, 0.1) is 0 Å². The highest BCUT2D eigenvalue weighted by Crippen LogP contribution is 2.11. The van der Waals surface area contributed by atoms with Crippen LogP contribution in [-0.2, 0) is 0 Å². The molecule has 1 rings (SSSR count). The van der Waals surface area contributed by atoms with Crippen molar-refractivity contribution in [2.75, 3.05) is 20.2 Å². The molecule has 0 unspecified atom stereocenters. The summed E-state index contributed by atoms with van der Waals surface area (Å²) in [5.74, 6) is 0.308. The second kappa shape index (κ2) is 6.69. The van der Waals surface area contributed by atoms with Crippen LogP contribution in [-0.4, -0.2) is 20.2 Å². The quantitative estimate of drug-likeness (QED) is 0.758. The van der Waals surface area contributed by atoms with Crippen LogP contribution >= 0.6 is 12.4 Å². The molecule has 0 saturated carbocycles. The molecule has 0 aliphatic rings. The molecule has 1 N–H and O–H groups in total. The Labute approximate surface area is 83.5 Å². The minimum atomic E-state index is -0.267. The van der Waals surface area contributed by atoms with Gasteiger partial charge in [-0.3, -0.25) is 0 Å². The lowest BCUT2D eigenvalue weighted by atomic mass is 10.3. The predicted molar refractivity (Wildman–Crippen MR) is 53.1 cm³/mol. The number of nitrogens with one attached hydrogen (secondary N) is 1. The van der Waals surface area contributed by atoms with Gasteiger partial charge in [0.25, 0.3) is 0 Å². The van der Waals surface area contributed by atoms with E-state index in [2.05, 4.69) is 5.32 Å². The highest BCUT2D eigenvalue weighted by molar-refractivity contribution is 5.85. The Hall–Kier alpha value is -0.800. The van der Waals surface area contributed by atoms with Crippen molar-refractivity contribution < 1.29 is 9.13 Å². The van der Waals surface area contributed by atoms with Gasteiger partial charge >= 0.3 is 0 Å². The van der Waals surface area contributed by atoms with Gasteiger partial charge in [-0.15, -0.1) is 12.4 Å². The van der Waals surface area contributed by atoms with Gasteiger partial charge < -0.3 is 10.1 Å². The van der Waals surface area contributed by atoms with Crippen molar-refractivity contribution in [3.63, 3.8) is 0 Å². The van der Waals surface area contributed by atoms with E-state index in [1.807, 2.05) is 7.05 Å². The van der Waals surface area contributed by atoms with Gasteiger partial charge in [-0.1, -0.05) is 6.07 Å². The number of hydrogen-bond donors (Lipinski definition) is 1. The molecule has 0 aromatic heterocycles. The molecular weight excluding hydrogens is 193 g/mol. The summed E-state index contributed by atoms with van der Waals surface area (Å²) in [6.45, 7) is 1.32. The van der Waals surface area contributed by atoms with Crippen LogP contribution < -0.4 is 10.1 Å². The highest BCUT2D eigenvalue weighted by atomic mass is 35.5. The van der Waals surface area contributed by atoms with Crippen molar-refractivity contribution in [1.82, 2.24) is 5.32 Å². The van der Waals surface area contributed by atoms with Gasteiger partial charge in [0.1, 0.15) is 18.2 Å². The van der Waals surface area contributed by atoms with Crippen molar-refractivity contribution in [2.24, 2.45) is 0 Å². The van der Waals surface area contributed by atoms with Crippen molar-refractivity contribution in [1.29, 1.82) is 0 Å². The summed E-state index contributed by atoms with van der Waals surface area (Å²) in [6.07, 6.45) is 0. The molecule has 0 aliphatic heterocycles. The minimum absolute atomic E-state index is 0. The zero-order valence-electron chi connectivity index (χ0n) is 7.42. The summed E-state index contributed by atoms with van der Waals surface area (Å²) in [5.41, 5.74) is 0. The molecule has 0 atom stereocenters. The van der Waals surface area contributed by atoms with Crippen LogP contribution in [0.3, 0.4) is 0 Å². The van der Waals surface area contributed by atoms with E-state index in [0.29, 0.717) is 12.4 Å². The average Bonchev–Trinajstić information content (AvgIpc) is 2.05. The number of benzene rings is 1. The number of ether oxygens (including phenoxy) is 1. The Morgan fingerprint density at radius 3 is 2.85 bits per heavy atom. The van der Waals surface area contributed by atoms with E-state index in [9.17, 15) is 4.39 Å². The molecule has 0 heterocycles. The van der Waals surface area contributed by atoms with Gasteiger partial charge in [-0.2, -0.15) is 0 Å². The van der Waals surface area contributed by atoms with Gasteiger partial charge in [0.2, 0.25) is 0 Å². The fourth-order valence-corrected chi connectivity index (χ4v) is 0.828. The molecule has 1 aromatic carbocycles. The summed E-state index contributed by atoms with van der Waals surface area (Å²) in [5, 5.41) is 2.93. The predicted octanol–water partition coefficient (Wildman–Crippen LogP) is 1.85. The van der Waals surface area contributed by atoms with Crippen molar-refractivity contribution in [2.45, 2.75) is 0 Å². The van der Waals surface area contributed by atoms with Crippen LogP contribution in [0.1, 0.15) is 0 Å². The Kier molecular flexibility index (Phi) is 6.28. The van der Waals surface area contributed by atoms with E-state index in [4.69, 9.17) is 4.74 Å². The maximum Gasteiger partial charge on any atom is 0.126 e. The number of likely N-dealkylation sites (N-methyl/N-ethyl adjacent to an activating group) is 1. The number of rotatable bonds is 4. The topological polar surface area (TPSA) is 21.3 Å². The summed E-state index contributed by atoms with van der Waals surface area (Å²) in [6, 6.07) is 6.13. The molecule has 1 aromatic rings. The Balaban J connectivity index is 0.00000144. The molecule has 0 amide bonds. The maximum absolute atomic E-state index is 12.6. The van der Waals surface area contributed by atoms with Crippen LogP contribution in [0, 0.1) is 5.82 Å². The third kappa shape index (κ3) is 4.70. The molecule has 13 heavy (non-hydrogen) atoms. The average molecular weight is 206 g/mol. The fraction of sp³-hybridized carbons (Fsp3) is 0.333. The fourth-order valence-electron chi connectivity index (χ4n) is 0.828. The lowest BCUT2D eigenvalue weighted by Gasteiger charge is -2.04. The lowest BCUT2D eigenvalue weighted by molar-refractivity contribution is 0.317. The van der Waals surface area contributed by atoms with Gasteiger partial charge in [0, 0.05) is 12.6 Å². The summed E-state index contributed by atoms with van der Waals surface area (Å²) in [4.78, 5) is 0. The first-order chi connectivity index (χ1) is 5.83. The van der Waals surface area contributed by atoms with Crippen molar-refractivity contribution >= 4 is 12.4 Å².